The van der Waals surface area contributed by atoms with E-state index in [1.165, 1.54) is 58.9 Å². The summed E-state index contributed by atoms with van der Waals surface area (Å²) in [5.41, 5.74) is 0.280. The standard InChI is InChI=1S/C19H19N3O5S/c1-3-12-21(13-4-2)28(26,27)18-10-8-16(9-11-18)20-19(23)15-6-5-7-17(14-15)22(24)25/h3-11,14H,1-2,12-13H2,(H,20,23). The molecular formula is C19H19N3O5S. The number of nitrogens with one attached hydrogen (secondary N) is 1. The fourth-order valence-corrected chi connectivity index (χ4v) is 3.76. The zero-order chi connectivity index (χ0) is 20.7. The van der Waals surface area contributed by atoms with Crippen LogP contribution in [0.3, 0.4) is 0 Å². The third kappa shape index (κ3) is 4.90. The van der Waals surface area contributed by atoms with Crippen LogP contribution in [-0.4, -0.2) is 36.6 Å². The first kappa shape index (κ1) is 21.0. The Labute approximate surface area is 163 Å². The zero-order valence-corrected chi connectivity index (χ0v) is 15.8. The van der Waals surface area contributed by atoms with Gasteiger partial charge in [0.05, 0.1) is 9.82 Å². The normalized spacial score (nSPS) is 11.0. The summed E-state index contributed by atoms with van der Waals surface area (Å²) >= 11 is 0. The molecule has 28 heavy (non-hydrogen) atoms. The van der Waals surface area contributed by atoms with Crippen molar-refractivity contribution in [3.05, 3.63) is 89.5 Å². The first-order valence-electron chi connectivity index (χ1n) is 8.17. The number of benzene rings is 2. The molecule has 0 unspecified atom stereocenters. The molecule has 1 amide bonds. The number of sulfonamides is 1. The number of non-ortho nitro benzene ring substituents is 1. The number of carbonyl (C=O) groups excluding carboxylic acids is 1. The van der Waals surface area contributed by atoms with Gasteiger partial charge in [0, 0.05) is 36.5 Å². The van der Waals surface area contributed by atoms with Crippen molar-refractivity contribution in [2.75, 3.05) is 18.4 Å². The highest BCUT2D eigenvalue weighted by molar-refractivity contribution is 7.89. The lowest BCUT2D eigenvalue weighted by Gasteiger charge is -2.19. The van der Waals surface area contributed by atoms with Gasteiger partial charge in [-0.25, -0.2) is 8.42 Å². The van der Waals surface area contributed by atoms with Gasteiger partial charge in [0.2, 0.25) is 10.0 Å². The van der Waals surface area contributed by atoms with Crippen molar-refractivity contribution in [3.63, 3.8) is 0 Å². The number of nitrogens with zero attached hydrogens (tertiary/aromatic N) is 2. The molecule has 146 valence electrons. The maximum absolute atomic E-state index is 12.6. The summed E-state index contributed by atoms with van der Waals surface area (Å²) < 4.78 is 26.5. The van der Waals surface area contributed by atoms with Crippen molar-refractivity contribution >= 4 is 27.3 Å². The molecule has 9 heteroatoms. The summed E-state index contributed by atoms with van der Waals surface area (Å²) in [5.74, 6) is -0.542. The molecule has 0 spiro atoms. The molecule has 1 N–H and O–H groups in total. The molecule has 0 aromatic heterocycles. The highest BCUT2D eigenvalue weighted by Crippen LogP contribution is 2.20. The summed E-state index contributed by atoms with van der Waals surface area (Å²) in [5, 5.41) is 13.4. The summed E-state index contributed by atoms with van der Waals surface area (Å²) in [7, 11) is -3.73. The zero-order valence-electron chi connectivity index (χ0n) is 14.9. The molecular weight excluding hydrogens is 382 g/mol. The molecule has 0 saturated heterocycles. The smallest absolute Gasteiger partial charge is 0.270 e. The van der Waals surface area contributed by atoms with Crippen LogP contribution in [0.15, 0.2) is 78.7 Å². The second-order valence-corrected chi connectivity index (χ2v) is 7.62. The second-order valence-electron chi connectivity index (χ2n) is 5.69. The topological polar surface area (TPSA) is 110 Å². The van der Waals surface area contributed by atoms with E-state index in [1.807, 2.05) is 0 Å². The van der Waals surface area contributed by atoms with E-state index in [0.717, 1.165) is 6.07 Å². The molecule has 2 rings (SSSR count). The van der Waals surface area contributed by atoms with Crippen LogP contribution in [-0.2, 0) is 10.0 Å². The lowest BCUT2D eigenvalue weighted by molar-refractivity contribution is -0.384. The Morgan fingerprint density at radius 1 is 1.11 bits per heavy atom. The van der Waals surface area contributed by atoms with Crippen molar-refractivity contribution in [2.24, 2.45) is 0 Å². The van der Waals surface area contributed by atoms with Crippen molar-refractivity contribution < 1.29 is 18.1 Å². The summed E-state index contributed by atoms with van der Waals surface area (Å²) in [6.07, 6.45) is 2.96. The number of hydrogen-bond acceptors (Lipinski definition) is 5. The molecule has 8 nitrogen and oxygen atoms in total. The fourth-order valence-electron chi connectivity index (χ4n) is 2.38. The first-order chi connectivity index (χ1) is 13.3. The number of hydrogen-bond donors (Lipinski definition) is 1. The number of nitro groups is 1. The molecule has 0 radical (unpaired) electrons. The number of carbonyl (C=O) groups is 1. The number of rotatable bonds is 9. The summed E-state index contributed by atoms with van der Waals surface area (Å²) in [4.78, 5) is 22.6. The third-order valence-electron chi connectivity index (χ3n) is 3.73. The van der Waals surface area contributed by atoms with Gasteiger partial charge in [-0.15, -0.1) is 13.2 Å². The molecule has 0 fully saturated rings. The van der Waals surface area contributed by atoms with Crippen molar-refractivity contribution in [3.8, 4) is 0 Å². The summed E-state index contributed by atoms with van der Waals surface area (Å²) in [6, 6.07) is 10.9. The lowest BCUT2D eigenvalue weighted by atomic mass is 10.2. The first-order valence-corrected chi connectivity index (χ1v) is 9.61. The molecule has 0 saturated carbocycles. The number of nitro benzene ring substituents is 1. The Morgan fingerprint density at radius 2 is 1.71 bits per heavy atom. The predicted molar refractivity (Wildman–Crippen MR) is 107 cm³/mol. The average Bonchev–Trinajstić information content (AvgIpc) is 2.68. The van der Waals surface area contributed by atoms with Crippen molar-refractivity contribution in [1.82, 2.24) is 4.31 Å². The van der Waals surface area contributed by atoms with Gasteiger partial charge in [0.15, 0.2) is 0 Å². The quantitative estimate of drug-likeness (QED) is 0.394. The van der Waals surface area contributed by atoms with Gasteiger partial charge in [-0.2, -0.15) is 4.31 Å². The largest absolute Gasteiger partial charge is 0.322 e. The fraction of sp³-hybridized carbons (Fsp3) is 0.105. The van der Waals surface area contributed by atoms with Gasteiger partial charge in [-0.1, -0.05) is 18.2 Å². The molecule has 0 aliphatic heterocycles. The van der Waals surface area contributed by atoms with Crippen LogP contribution in [0.1, 0.15) is 10.4 Å². The van der Waals surface area contributed by atoms with E-state index >= 15 is 0 Å². The Balaban J connectivity index is 2.19. The van der Waals surface area contributed by atoms with E-state index in [9.17, 15) is 23.3 Å². The van der Waals surface area contributed by atoms with Gasteiger partial charge < -0.3 is 5.32 Å². The van der Waals surface area contributed by atoms with Crippen LogP contribution in [0.4, 0.5) is 11.4 Å². The van der Waals surface area contributed by atoms with Gasteiger partial charge in [0.1, 0.15) is 0 Å². The van der Waals surface area contributed by atoms with E-state index in [0.29, 0.717) is 5.69 Å². The molecule has 2 aromatic rings. The Kier molecular flexibility index (Phi) is 6.80. The number of amides is 1. The Hall–Kier alpha value is -3.30. The van der Waals surface area contributed by atoms with Crippen LogP contribution in [0.25, 0.3) is 0 Å². The second kappa shape index (κ2) is 9.07. The predicted octanol–water partition coefficient (Wildman–Crippen LogP) is 3.21. The maximum atomic E-state index is 12.6. The minimum atomic E-state index is -3.73. The van der Waals surface area contributed by atoms with Crippen LogP contribution in [0.2, 0.25) is 0 Å². The highest BCUT2D eigenvalue weighted by Gasteiger charge is 2.22. The molecule has 0 bridgehead atoms. The highest BCUT2D eigenvalue weighted by atomic mass is 32.2. The third-order valence-corrected chi connectivity index (χ3v) is 5.58. The van der Waals surface area contributed by atoms with Gasteiger partial charge in [0.25, 0.3) is 11.6 Å². The SMILES string of the molecule is C=CCN(CC=C)S(=O)(=O)c1ccc(NC(=O)c2cccc([N+](=O)[O-])c2)cc1. The molecule has 0 aliphatic carbocycles. The van der Waals surface area contributed by atoms with E-state index in [1.54, 1.807) is 0 Å². The average molecular weight is 401 g/mol. The van der Waals surface area contributed by atoms with E-state index < -0.39 is 20.9 Å². The van der Waals surface area contributed by atoms with Crippen LogP contribution in [0, 0.1) is 10.1 Å². The van der Waals surface area contributed by atoms with Gasteiger partial charge >= 0.3 is 0 Å². The van der Waals surface area contributed by atoms with Crippen LogP contribution >= 0.6 is 0 Å². The monoisotopic (exact) mass is 401 g/mol. The molecule has 0 atom stereocenters. The van der Waals surface area contributed by atoms with Crippen molar-refractivity contribution in [1.29, 1.82) is 0 Å². The van der Waals surface area contributed by atoms with Gasteiger partial charge in [-0.05, 0) is 30.3 Å². The van der Waals surface area contributed by atoms with Crippen molar-refractivity contribution in [2.45, 2.75) is 4.90 Å². The maximum Gasteiger partial charge on any atom is 0.270 e. The van der Waals surface area contributed by atoms with Crippen LogP contribution in [0.5, 0.6) is 0 Å². The molecule has 0 aliphatic rings. The number of anilines is 1. The van der Waals surface area contributed by atoms with E-state index in [4.69, 9.17) is 0 Å². The summed E-state index contributed by atoms with van der Waals surface area (Å²) in [6.45, 7) is 7.38. The van der Waals surface area contributed by atoms with E-state index in [2.05, 4.69) is 18.5 Å². The van der Waals surface area contributed by atoms with Gasteiger partial charge in [-0.3, -0.25) is 14.9 Å². The lowest BCUT2D eigenvalue weighted by Crippen LogP contribution is -2.31. The minimum absolute atomic E-state index is 0.0598. The minimum Gasteiger partial charge on any atom is -0.322 e. The Morgan fingerprint density at radius 3 is 2.25 bits per heavy atom. The molecule has 0 heterocycles. The van der Waals surface area contributed by atoms with E-state index in [-0.39, 0.29) is 29.2 Å². The van der Waals surface area contributed by atoms with Crippen LogP contribution < -0.4 is 5.32 Å². The molecule has 2 aromatic carbocycles. The Bertz CT molecular complexity index is 990.